The van der Waals surface area contributed by atoms with Crippen LogP contribution in [0, 0.1) is 11.7 Å². The number of amides is 1. The summed E-state index contributed by atoms with van der Waals surface area (Å²) in [7, 11) is 0. The van der Waals surface area contributed by atoms with Crippen LogP contribution in [0.15, 0.2) is 48.7 Å². The van der Waals surface area contributed by atoms with E-state index in [1.807, 2.05) is 24.4 Å². The lowest BCUT2D eigenvalue weighted by Gasteiger charge is -2.32. The summed E-state index contributed by atoms with van der Waals surface area (Å²) in [5, 5.41) is 4.06. The molecule has 2 aliphatic carbocycles. The average molecular weight is 471 g/mol. The maximum Gasteiger partial charge on any atom is 0.251 e. The van der Waals surface area contributed by atoms with Gasteiger partial charge in [0.1, 0.15) is 11.6 Å². The van der Waals surface area contributed by atoms with Crippen LogP contribution in [0.4, 0.5) is 4.39 Å². The maximum atomic E-state index is 13.9. The molecule has 2 fully saturated rings. The van der Waals surface area contributed by atoms with Gasteiger partial charge in [-0.1, -0.05) is 6.92 Å². The van der Waals surface area contributed by atoms with Gasteiger partial charge in [-0.25, -0.2) is 9.37 Å². The van der Waals surface area contributed by atoms with Crippen LogP contribution >= 0.6 is 0 Å². The van der Waals surface area contributed by atoms with Crippen molar-refractivity contribution in [3.05, 3.63) is 71.4 Å². The van der Waals surface area contributed by atoms with Gasteiger partial charge in [-0.15, -0.1) is 0 Å². The van der Waals surface area contributed by atoms with Gasteiger partial charge in [0.2, 0.25) is 0 Å². The number of carbonyl (C=O) groups excluding carboxylic acids is 1. The standard InChI is InChI=1S/C29H31FN4O/c1-17(28-33-26-11-9-20(15-27(26)34-28)29(35)32-22-3-2-4-22)18-5-7-19(8-6-18)23-13-14-31-25-12-10-21(30)16-24(23)25/h9-19,22H,2-8H2,1H3,(H,32,35)(H,33,34)/t17-,18?,19?/m1/s1. The van der Waals surface area contributed by atoms with Gasteiger partial charge in [0.15, 0.2) is 0 Å². The van der Waals surface area contributed by atoms with E-state index in [4.69, 9.17) is 4.98 Å². The van der Waals surface area contributed by atoms with Crippen molar-refractivity contribution in [3.63, 3.8) is 0 Å². The van der Waals surface area contributed by atoms with Gasteiger partial charge in [-0.2, -0.15) is 0 Å². The van der Waals surface area contributed by atoms with Crippen molar-refractivity contribution in [2.75, 3.05) is 0 Å². The fourth-order valence-corrected chi connectivity index (χ4v) is 5.86. The van der Waals surface area contributed by atoms with E-state index in [-0.39, 0.29) is 11.7 Å². The van der Waals surface area contributed by atoms with Crippen molar-refractivity contribution >= 4 is 27.8 Å². The van der Waals surface area contributed by atoms with Gasteiger partial charge < -0.3 is 10.3 Å². The molecule has 0 saturated heterocycles. The molecule has 0 unspecified atom stereocenters. The molecule has 2 saturated carbocycles. The number of carbonyl (C=O) groups is 1. The smallest absolute Gasteiger partial charge is 0.251 e. The molecule has 0 spiro atoms. The summed E-state index contributed by atoms with van der Waals surface area (Å²) in [6.45, 7) is 2.25. The highest BCUT2D eigenvalue weighted by Gasteiger charge is 2.29. The third-order valence-corrected chi connectivity index (χ3v) is 8.29. The third-order valence-electron chi connectivity index (χ3n) is 8.29. The zero-order valence-electron chi connectivity index (χ0n) is 20.1. The van der Waals surface area contributed by atoms with Crippen molar-refractivity contribution in [2.45, 2.75) is 69.7 Å². The number of pyridine rings is 1. The first kappa shape index (κ1) is 22.2. The lowest BCUT2D eigenvalue weighted by Crippen LogP contribution is -2.39. The summed E-state index contributed by atoms with van der Waals surface area (Å²) < 4.78 is 13.9. The predicted octanol–water partition coefficient (Wildman–Crippen LogP) is 6.61. The van der Waals surface area contributed by atoms with Crippen molar-refractivity contribution in [1.29, 1.82) is 0 Å². The summed E-state index contributed by atoms with van der Waals surface area (Å²) in [6, 6.07) is 13.0. The van der Waals surface area contributed by atoms with Gasteiger partial charge in [0.05, 0.1) is 16.6 Å². The van der Waals surface area contributed by atoms with Gasteiger partial charge in [0, 0.05) is 29.1 Å². The number of halogens is 1. The second kappa shape index (κ2) is 9.06. The molecule has 0 bridgehead atoms. The highest BCUT2D eigenvalue weighted by molar-refractivity contribution is 5.97. The van der Waals surface area contributed by atoms with E-state index < -0.39 is 0 Å². The van der Waals surface area contributed by atoms with Gasteiger partial charge in [-0.3, -0.25) is 9.78 Å². The number of fused-ring (bicyclic) bond motifs is 2. The molecule has 2 heterocycles. The third kappa shape index (κ3) is 4.30. The van der Waals surface area contributed by atoms with Crippen LogP contribution in [0.3, 0.4) is 0 Å². The second-order valence-corrected chi connectivity index (χ2v) is 10.4. The lowest BCUT2D eigenvalue weighted by molar-refractivity contribution is 0.0917. The lowest BCUT2D eigenvalue weighted by atomic mass is 9.73. The van der Waals surface area contributed by atoms with Crippen molar-refractivity contribution < 1.29 is 9.18 Å². The maximum absolute atomic E-state index is 13.9. The van der Waals surface area contributed by atoms with Crippen LogP contribution in [0.1, 0.15) is 85.5 Å². The molecule has 1 atom stereocenters. The molecule has 35 heavy (non-hydrogen) atoms. The minimum atomic E-state index is -0.206. The molecule has 2 aromatic heterocycles. The Morgan fingerprint density at radius 3 is 2.60 bits per heavy atom. The Bertz CT molecular complexity index is 1380. The largest absolute Gasteiger partial charge is 0.349 e. The Morgan fingerprint density at radius 1 is 1.03 bits per heavy atom. The van der Waals surface area contributed by atoms with Crippen LogP contribution in [0.25, 0.3) is 21.9 Å². The summed E-state index contributed by atoms with van der Waals surface area (Å²) in [5.74, 6) is 2.07. The Labute approximate surface area is 204 Å². The quantitative estimate of drug-likeness (QED) is 0.345. The number of H-pyrrole nitrogens is 1. The number of rotatable bonds is 5. The highest BCUT2D eigenvalue weighted by atomic mass is 19.1. The SMILES string of the molecule is C[C@@H](c1nc2ccc(C(=O)NC3CCC3)cc2[nH]1)C1CCC(c2ccnc3ccc(F)cc23)CC1. The fourth-order valence-electron chi connectivity index (χ4n) is 5.86. The van der Waals surface area contributed by atoms with Gasteiger partial charge in [0.25, 0.3) is 5.91 Å². The summed E-state index contributed by atoms with van der Waals surface area (Å²) in [6.07, 6.45) is 9.58. The molecule has 6 heteroatoms. The number of nitrogens with one attached hydrogen (secondary N) is 2. The van der Waals surface area contributed by atoms with Crippen LogP contribution in [-0.2, 0) is 0 Å². The summed E-state index contributed by atoms with van der Waals surface area (Å²) in [5.41, 5.74) is 4.60. The first-order valence-electron chi connectivity index (χ1n) is 12.9. The zero-order valence-corrected chi connectivity index (χ0v) is 20.1. The van der Waals surface area contributed by atoms with Crippen molar-refractivity contribution in [1.82, 2.24) is 20.3 Å². The molecule has 2 aromatic carbocycles. The Morgan fingerprint density at radius 2 is 1.83 bits per heavy atom. The molecule has 0 aliphatic heterocycles. The molecule has 2 N–H and O–H groups in total. The number of aromatic nitrogens is 3. The van der Waals surface area contributed by atoms with Gasteiger partial charge >= 0.3 is 0 Å². The van der Waals surface area contributed by atoms with Crippen LogP contribution in [0.2, 0.25) is 0 Å². The Balaban J connectivity index is 1.15. The highest BCUT2D eigenvalue weighted by Crippen LogP contribution is 2.43. The van der Waals surface area contributed by atoms with E-state index in [2.05, 4.69) is 28.3 Å². The number of aromatic amines is 1. The van der Waals surface area contributed by atoms with E-state index in [1.165, 1.54) is 18.1 Å². The topological polar surface area (TPSA) is 70.7 Å². The monoisotopic (exact) mass is 470 g/mol. The first-order valence-corrected chi connectivity index (χ1v) is 12.9. The Kier molecular flexibility index (Phi) is 5.75. The van der Waals surface area contributed by atoms with Crippen LogP contribution < -0.4 is 5.32 Å². The molecular formula is C29H31FN4O. The summed E-state index contributed by atoms with van der Waals surface area (Å²) >= 11 is 0. The molecule has 0 radical (unpaired) electrons. The van der Waals surface area contributed by atoms with Crippen molar-refractivity contribution in [3.8, 4) is 0 Å². The first-order chi connectivity index (χ1) is 17.0. The van der Waals surface area contributed by atoms with Crippen molar-refractivity contribution in [2.24, 2.45) is 5.92 Å². The Hall–Kier alpha value is -3.28. The van der Waals surface area contributed by atoms with E-state index in [0.717, 1.165) is 66.3 Å². The summed E-state index contributed by atoms with van der Waals surface area (Å²) in [4.78, 5) is 25.3. The number of hydrogen-bond acceptors (Lipinski definition) is 3. The average Bonchev–Trinajstić information content (AvgIpc) is 3.29. The normalized spacial score (nSPS) is 21.7. The van der Waals surface area contributed by atoms with Gasteiger partial charge in [-0.05, 0) is 105 Å². The molecule has 6 rings (SSSR count). The van der Waals surface area contributed by atoms with E-state index in [0.29, 0.717) is 29.4 Å². The van der Waals surface area contributed by atoms with E-state index in [1.54, 1.807) is 12.1 Å². The molecule has 180 valence electrons. The second-order valence-electron chi connectivity index (χ2n) is 10.4. The molecule has 4 aromatic rings. The number of hydrogen-bond donors (Lipinski definition) is 2. The molecular weight excluding hydrogens is 439 g/mol. The van der Waals surface area contributed by atoms with E-state index >= 15 is 0 Å². The molecule has 1 amide bonds. The molecule has 2 aliphatic rings. The number of nitrogens with zero attached hydrogens (tertiary/aromatic N) is 2. The predicted molar refractivity (Wildman–Crippen MR) is 136 cm³/mol. The number of imidazole rings is 1. The minimum Gasteiger partial charge on any atom is -0.349 e. The zero-order chi connectivity index (χ0) is 23.9. The minimum absolute atomic E-state index is 0.00244. The van der Waals surface area contributed by atoms with Crippen LogP contribution in [-0.4, -0.2) is 26.9 Å². The molecule has 5 nitrogen and oxygen atoms in total. The van der Waals surface area contributed by atoms with E-state index in [9.17, 15) is 9.18 Å². The number of benzene rings is 2. The fraction of sp³-hybridized carbons (Fsp3) is 0.414. The van der Waals surface area contributed by atoms with Crippen LogP contribution in [0.5, 0.6) is 0 Å².